The predicted molar refractivity (Wildman–Crippen MR) is 83.2 cm³/mol. The molecule has 0 amide bonds. The highest BCUT2D eigenvalue weighted by molar-refractivity contribution is 5.77. The largest absolute Gasteiger partial charge is 0.468 e. The lowest BCUT2D eigenvalue weighted by Gasteiger charge is -2.20. The Morgan fingerprint density at radius 3 is 2.57 bits per heavy atom. The van der Waals surface area contributed by atoms with Gasteiger partial charge in [-0.1, -0.05) is 13.8 Å². The molecule has 0 saturated heterocycles. The lowest BCUT2D eigenvalue weighted by molar-refractivity contribution is -0.143. The van der Waals surface area contributed by atoms with Crippen LogP contribution in [0.15, 0.2) is 12.4 Å². The van der Waals surface area contributed by atoms with Crippen LogP contribution in [0, 0.1) is 0 Å². The molecule has 1 heterocycles. The third-order valence-electron chi connectivity index (χ3n) is 3.59. The molecule has 0 aliphatic carbocycles. The van der Waals surface area contributed by atoms with Gasteiger partial charge in [0.2, 0.25) is 0 Å². The average molecular weight is 296 g/mol. The molecule has 0 aromatic carbocycles. The van der Waals surface area contributed by atoms with E-state index in [2.05, 4.69) is 43.0 Å². The number of hydrogen-bond donors (Lipinski definition) is 1. The molecule has 6 heteroatoms. The summed E-state index contributed by atoms with van der Waals surface area (Å²) in [6.45, 7) is 12.0. The molecule has 6 nitrogen and oxygen atoms in total. The number of rotatable bonds is 9. The number of hydrogen-bond acceptors (Lipinski definition) is 5. The zero-order chi connectivity index (χ0) is 15.8. The van der Waals surface area contributed by atoms with Crippen molar-refractivity contribution in [2.24, 2.45) is 0 Å². The zero-order valence-electron chi connectivity index (χ0n) is 13.8. The Morgan fingerprint density at radius 1 is 1.43 bits per heavy atom. The Hall–Kier alpha value is -1.40. The number of nitrogens with one attached hydrogen (secondary N) is 1. The number of nitrogens with zero attached hydrogens (tertiary/aromatic N) is 3. The van der Waals surface area contributed by atoms with E-state index < -0.39 is 6.04 Å². The van der Waals surface area contributed by atoms with Crippen LogP contribution >= 0.6 is 0 Å². The second kappa shape index (κ2) is 8.79. The van der Waals surface area contributed by atoms with Crippen LogP contribution in [0.5, 0.6) is 0 Å². The summed E-state index contributed by atoms with van der Waals surface area (Å²) < 4.78 is 6.74. The zero-order valence-corrected chi connectivity index (χ0v) is 13.8. The highest BCUT2D eigenvalue weighted by atomic mass is 16.5. The maximum atomic E-state index is 12.0. The third-order valence-corrected chi connectivity index (χ3v) is 3.59. The number of ether oxygens (including phenoxy) is 1. The quantitative estimate of drug-likeness (QED) is 0.702. The Morgan fingerprint density at radius 2 is 2.10 bits per heavy atom. The van der Waals surface area contributed by atoms with Crippen molar-refractivity contribution in [2.75, 3.05) is 33.3 Å². The van der Waals surface area contributed by atoms with Crippen LogP contribution in [-0.2, 0) is 9.53 Å². The van der Waals surface area contributed by atoms with Gasteiger partial charge in [0.15, 0.2) is 0 Å². The molecule has 0 fully saturated rings. The predicted octanol–water partition coefficient (Wildman–Crippen LogP) is 1.61. The Balaban J connectivity index is 2.69. The topological polar surface area (TPSA) is 59.4 Å². The molecule has 1 unspecified atom stereocenters. The first-order valence-corrected chi connectivity index (χ1v) is 7.61. The molecule has 0 aliphatic heterocycles. The molecule has 0 bridgehead atoms. The summed E-state index contributed by atoms with van der Waals surface area (Å²) in [7, 11) is 1.41. The highest BCUT2D eigenvalue weighted by Crippen LogP contribution is 2.15. The summed E-state index contributed by atoms with van der Waals surface area (Å²) in [4.78, 5) is 14.3. The molecule has 1 aromatic rings. The number of likely N-dealkylation sites (N-methyl/N-ethyl adjacent to an activating group) is 1. The SMILES string of the molecule is CCN(CC)CCNC(C(=O)OC)c1cnn(C(C)C)c1. The second-order valence-corrected chi connectivity index (χ2v) is 5.28. The van der Waals surface area contributed by atoms with E-state index in [1.807, 2.05) is 10.9 Å². The van der Waals surface area contributed by atoms with Gasteiger partial charge in [-0.2, -0.15) is 5.10 Å². The minimum absolute atomic E-state index is 0.271. The van der Waals surface area contributed by atoms with Gasteiger partial charge >= 0.3 is 5.97 Å². The maximum Gasteiger partial charge on any atom is 0.327 e. The molecule has 0 saturated carbocycles. The number of carbonyl (C=O) groups is 1. The van der Waals surface area contributed by atoms with Gasteiger partial charge in [-0.3, -0.25) is 10.00 Å². The number of methoxy groups -OCH3 is 1. The highest BCUT2D eigenvalue weighted by Gasteiger charge is 2.22. The van der Waals surface area contributed by atoms with Gasteiger partial charge in [0.25, 0.3) is 0 Å². The maximum absolute atomic E-state index is 12.0. The molecule has 1 atom stereocenters. The van der Waals surface area contributed by atoms with Crippen LogP contribution in [0.1, 0.15) is 45.3 Å². The molecular weight excluding hydrogens is 268 g/mol. The Kier molecular flexibility index (Phi) is 7.39. The van der Waals surface area contributed by atoms with E-state index in [9.17, 15) is 4.79 Å². The van der Waals surface area contributed by atoms with Crippen LogP contribution in [-0.4, -0.2) is 53.9 Å². The monoisotopic (exact) mass is 296 g/mol. The summed E-state index contributed by atoms with van der Waals surface area (Å²) in [5, 5.41) is 7.56. The fourth-order valence-electron chi connectivity index (χ4n) is 2.15. The van der Waals surface area contributed by atoms with Crippen molar-refractivity contribution >= 4 is 5.97 Å². The van der Waals surface area contributed by atoms with Crippen molar-refractivity contribution < 1.29 is 9.53 Å². The van der Waals surface area contributed by atoms with Crippen LogP contribution in [0.25, 0.3) is 0 Å². The van der Waals surface area contributed by atoms with Crippen molar-refractivity contribution in [3.8, 4) is 0 Å². The van der Waals surface area contributed by atoms with Crippen LogP contribution in [0.2, 0.25) is 0 Å². The summed E-state index contributed by atoms with van der Waals surface area (Å²) in [5.41, 5.74) is 0.843. The minimum atomic E-state index is -0.460. The van der Waals surface area contributed by atoms with E-state index in [4.69, 9.17) is 4.74 Å². The average Bonchev–Trinajstić information content (AvgIpc) is 2.96. The molecule has 1 aromatic heterocycles. The lowest BCUT2D eigenvalue weighted by atomic mass is 10.1. The van der Waals surface area contributed by atoms with Gasteiger partial charge in [-0.25, -0.2) is 4.79 Å². The summed E-state index contributed by atoms with van der Waals surface area (Å²) in [6, 6.07) is -0.189. The lowest BCUT2D eigenvalue weighted by Crippen LogP contribution is -2.36. The molecule has 0 radical (unpaired) electrons. The van der Waals surface area contributed by atoms with Crippen LogP contribution in [0.3, 0.4) is 0 Å². The normalized spacial score (nSPS) is 12.9. The van der Waals surface area contributed by atoms with Crippen molar-refractivity contribution in [2.45, 2.75) is 39.8 Å². The molecule has 21 heavy (non-hydrogen) atoms. The first-order valence-electron chi connectivity index (χ1n) is 7.61. The second-order valence-electron chi connectivity index (χ2n) is 5.28. The molecule has 0 spiro atoms. The van der Waals surface area contributed by atoms with E-state index in [0.717, 1.165) is 31.7 Å². The van der Waals surface area contributed by atoms with Crippen molar-refractivity contribution in [1.82, 2.24) is 20.0 Å². The Bertz CT molecular complexity index is 427. The standard InChI is InChI=1S/C15H28N4O2/c1-6-18(7-2)9-8-16-14(15(20)21-5)13-10-17-19(11-13)12(3)4/h10-12,14,16H,6-9H2,1-5H3. The van der Waals surface area contributed by atoms with Gasteiger partial charge in [-0.05, 0) is 26.9 Å². The van der Waals surface area contributed by atoms with E-state index in [-0.39, 0.29) is 12.0 Å². The molecular formula is C15H28N4O2. The van der Waals surface area contributed by atoms with Crippen molar-refractivity contribution in [1.29, 1.82) is 0 Å². The third kappa shape index (κ3) is 5.13. The van der Waals surface area contributed by atoms with Gasteiger partial charge in [0, 0.05) is 30.9 Å². The van der Waals surface area contributed by atoms with E-state index in [1.54, 1.807) is 6.20 Å². The summed E-state index contributed by atoms with van der Waals surface area (Å²) >= 11 is 0. The minimum Gasteiger partial charge on any atom is -0.468 e. The fourth-order valence-corrected chi connectivity index (χ4v) is 2.15. The van der Waals surface area contributed by atoms with Crippen LogP contribution < -0.4 is 5.32 Å². The van der Waals surface area contributed by atoms with E-state index >= 15 is 0 Å². The van der Waals surface area contributed by atoms with Gasteiger partial charge in [-0.15, -0.1) is 0 Å². The summed E-state index contributed by atoms with van der Waals surface area (Å²) in [5.74, 6) is -0.280. The van der Waals surface area contributed by atoms with E-state index in [0.29, 0.717) is 0 Å². The molecule has 120 valence electrons. The number of esters is 1. The summed E-state index contributed by atoms with van der Waals surface area (Å²) in [6.07, 6.45) is 3.63. The van der Waals surface area contributed by atoms with Gasteiger partial charge < -0.3 is 9.64 Å². The Labute approximate surface area is 127 Å². The first kappa shape index (κ1) is 17.7. The smallest absolute Gasteiger partial charge is 0.327 e. The molecule has 0 aliphatic rings. The number of aromatic nitrogens is 2. The van der Waals surface area contributed by atoms with Gasteiger partial charge in [0.05, 0.1) is 13.3 Å². The van der Waals surface area contributed by atoms with Crippen LogP contribution in [0.4, 0.5) is 0 Å². The van der Waals surface area contributed by atoms with Crippen molar-refractivity contribution in [3.05, 3.63) is 18.0 Å². The molecule has 1 N–H and O–H groups in total. The van der Waals surface area contributed by atoms with Crippen molar-refractivity contribution in [3.63, 3.8) is 0 Å². The number of carbonyl (C=O) groups excluding carboxylic acids is 1. The fraction of sp³-hybridized carbons (Fsp3) is 0.733. The molecule has 1 rings (SSSR count). The first-order chi connectivity index (χ1) is 10.0. The van der Waals surface area contributed by atoms with E-state index in [1.165, 1.54) is 7.11 Å². The van der Waals surface area contributed by atoms with Gasteiger partial charge in [0.1, 0.15) is 6.04 Å².